The van der Waals surface area contributed by atoms with Gasteiger partial charge >= 0.3 is 7.12 Å². The molecule has 6 rings (SSSR count). The van der Waals surface area contributed by atoms with Crippen LogP contribution in [0, 0.1) is 0 Å². The van der Waals surface area contributed by atoms with Gasteiger partial charge in [-0.3, -0.25) is 4.98 Å². The van der Waals surface area contributed by atoms with Gasteiger partial charge in [0.2, 0.25) is 0 Å². The van der Waals surface area contributed by atoms with Gasteiger partial charge < -0.3 is 9.31 Å². The maximum Gasteiger partial charge on any atom is 0.495 e. The molecule has 1 aliphatic rings. The molecule has 3 aromatic carbocycles. The summed E-state index contributed by atoms with van der Waals surface area (Å²) >= 11 is 0. The first kappa shape index (κ1) is 22.0. The highest BCUT2D eigenvalue weighted by atomic mass is 16.7. The second-order valence-electron chi connectivity index (χ2n) is 10.2. The van der Waals surface area contributed by atoms with Gasteiger partial charge in [0, 0.05) is 11.6 Å². The fourth-order valence-electron chi connectivity index (χ4n) is 4.70. The summed E-state index contributed by atoms with van der Waals surface area (Å²) in [6.07, 6.45) is 1.80. The van der Waals surface area contributed by atoms with Crippen LogP contribution in [0.2, 0.25) is 0 Å². The zero-order valence-corrected chi connectivity index (χ0v) is 20.4. The van der Waals surface area contributed by atoms with Gasteiger partial charge in [-0.25, -0.2) is 4.98 Å². The fourth-order valence-corrected chi connectivity index (χ4v) is 4.70. The Bertz CT molecular complexity index is 1550. The Hall–Kier alpha value is -3.54. The summed E-state index contributed by atoms with van der Waals surface area (Å²) in [7, 11) is -0.404. The molecule has 5 aromatic rings. The first-order valence-electron chi connectivity index (χ1n) is 12.0. The Morgan fingerprint density at radius 1 is 0.686 bits per heavy atom. The highest BCUT2D eigenvalue weighted by molar-refractivity contribution is 6.65. The molecule has 172 valence electrons. The quantitative estimate of drug-likeness (QED) is 0.293. The van der Waals surface area contributed by atoms with Crippen molar-refractivity contribution in [1.82, 2.24) is 9.97 Å². The smallest absolute Gasteiger partial charge is 0.399 e. The van der Waals surface area contributed by atoms with E-state index in [9.17, 15) is 0 Å². The number of nitrogens with zero attached hydrogens (tertiary/aromatic N) is 2. The van der Waals surface area contributed by atoms with Gasteiger partial charge in [-0.1, -0.05) is 60.7 Å². The van der Waals surface area contributed by atoms with E-state index < -0.39 is 7.12 Å². The number of hydrogen-bond donors (Lipinski definition) is 0. The third-order valence-electron chi connectivity index (χ3n) is 7.39. The molecule has 0 atom stereocenters. The van der Waals surface area contributed by atoms with E-state index >= 15 is 0 Å². The summed E-state index contributed by atoms with van der Waals surface area (Å²) in [5.41, 5.74) is 5.27. The topological polar surface area (TPSA) is 44.2 Å². The van der Waals surface area contributed by atoms with Crippen LogP contribution in [-0.4, -0.2) is 28.3 Å². The van der Waals surface area contributed by atoms with E-state index in [4.69, 9.17) is 14.3 Å². The Balaban J connectivity index is 1.45. The second-order valence-corrected chi connectivity index (χ2v) is 10.2. The molecule has 0 bridgehead atoms. The molecule has 35 heavy (non-hydrogen) atoms. The lowest BCUT2D eigenvalue weighted by atomic mass is 9.75. The van der Waals surface area contributed by atoms with Gasteiger partial charge in [-0.2, -0.15) is 0 Å². The van der Waals surface area contributed by atoms with Crippen molar-refractivity contribution in [2.75, 3.05) is 0 Å². The first-order valence-corrected chi connectivity index (χ1v) is 12.0. The first-order chi connectivity index (χ1) is 16.8. The number of rotatable bonds is 3. The summed E-state index contributed by atoms with van der Waals surface area (Å²) in [4.78, 5) is 9.38. The van der Waals surface area contributed by atoms with Gasteiger partial charge in [0.05, 0.1) is 28.1 Å². The minimum atomic E-state index is -0.404. The standard InChI is InChI=1S/C30H27BN2O2/c1-29(2)30(3,4)35-31(34-29)25-12-8-10-23-22(9-7-11-24(23)25)21-15-14-20-16-17-27(33-28(20)19-21)26-13-5-6-18-32-26/h5-19H,1-4H3. The highest BCUT2D eigenvalue weighted by Crippen LogP contribution is 2.38. The largest absolute Gasteiger partial charge is 0.495 e. The number of pyridine rings is 2. The minimum absolute atomic E-state index is 0.382. The van der Waals surface area contributed by atoms with Crippen molar-refractivity contribution < 1.29 is 9.31 Å². The summed E-state index contributed by atoms with van der Waals surface area (Å²) in [6, 6.07) is 29.3. The molecule has 1 aliphatic heterocycles. The number of hydrogen-bond acceptors (Lipinski definition) is 4. The number of benzene rings is 3. The van der Waals surface area contributed by atoms with Crippen LogP contribution in [0.15, 0.2) is 91.1 Å². The Morgan fingerprint density at radius 2 is 1.43 bits per heavy atom. The van der Waals surface area contributed by atoms with E-state index in [0.717, 1.165) is 44.3 Å². The van der Waals surface area contributed by atoms with Gasteiger partial charge in [0.1, 0.15) is 0 Å². The summed E-state index contributed by atoms with van der Waals surface area (Å²) in [6.45, 7) is 8.35. The molecule has 1 fully saturated rings. The Labute approximate surface area is 206 Å². The maximum absolute atomic E-state index is 6.38. The van der Waals surface area contributed by atoms with Crippen molar-refractivity contribution in [2.45, 2.75) is 38.9 Å². The molecule has 1 saturated heterocycles. The molecule has 0 radical (unpaired) electrons. The molecule has 5 heteroatoms. The van der Waals surface area contributed by atoms with Gasteiger partial charge in [0.15, 0.2) is 0 Å². The molecular formula is C30H27BN2O2. The minimum Gasteiger partial charge on any atom is -0.399 e. The third-order valence-corrected chi connectivity index (χ3v) is 7.39. The molecule has 3 heterocycles. The van der Waals surface area contributed by atoms with E-state index in [1.54, 1.807) is 6.20 Å². The van der Waals surface area contributed by atoms with Crippen LogP contribution >= 0.6 is 0 Å². The van der Waals surface area contributed by atoms with Gasteiger partial charge in [-0.15, -0.1) is 0 Å². The van der Waals surface area contributed by atoms with Gasteiger partial charge in [-0.05, 0) is 79.3 Å². The van der Waals surface area contributed by atoms with E-state index in [0.29, 0.717) is 0 Å². The molecule has 0 aliphatic carbocycles. The zero-order valence-electron chi connectivity index (χ0n) is 20.4. The van der Waals surface area contributed by atoms with Crippen LogP contribution in [-0.2, 0) is 9.31 Å². The molecule has 4 nitrogen and oxygen atoms in total. The van der Waals surface area contributed by atoms with Crippen LogP contribution in [0.25, 0.3) is 44.2 Å². The maximum atomic E-state index is 6.38. The number of fused-ring (bicyclic) bond motifs is 2. The van der Waals surface area contributed by atoms with Crippen molar-refractivity contribution in [2.24, 2.45) is 0 Å². The third kappa shape index (κ3) is 3.72. The summed E-state index contributed by atoms with van der Waals surface area (Å²) in [5, 5.41) is 3.41. The Kier molecular flexibility index (Phi) is 5.03. The van der Waals surface area contributed by atoms with Crippen LogP contribution in [0.1, 0.15) is 27.7 Å². The molecule has 0 spiro atoms. The monoisotopic (exact) mass is 458 g/mol. The lowest BCUT2D eigenvalue weighted by Crippen LogP contribution is -2.41. The van der Waals surface area contributed by atoms with Crippen molar-refractivity contribution in [3.63, 3.8) is 0 Å². The van der Waals surface area contributed by atoms with E-state index in [2.05, 4.69) is 93.3 Å². The van der Waals surface area contributed by atoms with Crippen molar-refractivity contribution >= 4 is 34.3 Å². The highest BCUT2D eigenvalue weighted by Gasteiger charge is 2.52. The molecule has 0 unspecified atom stereocenters. The number of aromatic nitrogens is 2. The molecule has 0 N–H and O–H groups in total. The summed E-state index contributed by atoms with van der Waals surface area (Å²) in [5.74, 6) is 0. The molecule has 0 amide bonds. The van der Waals surface area contributed by atoms with Gasteiger partial charge in [0.25, 0.3) is 0 Å². The molecular weight excluding hydrogens is 431 g/mol. The Morgan fingerprint density at radius 3 is 2.20 bits per heavy atom. The van der Waals surface area contributed by atoms with Crippen molar-refractivity contribution in [3.05, 3.63) is 91.1 Å². The van der Waals surface area contributed by atoms with Crippen molar-refractivity contribution in [1.29, 1.82) is 0 Å². The lowest BCUT2D eigenvalue weighted by Gasteiger charge is -2.32. The van der Waals surface area contributed by atoms with Crippen LogP contribution in [0.4, 0.5) is 0 Å². The predicted octanol–water partition coefficient (Wildman–Crippen LogP) is 6.42. The average Bonchev–Trinajstić information content (AvgIpc) is 3.09. The molecule has 0 saturated carbocycles. The fraction of sp³-hybridized carbons (Fsp3) is 0.200. The average molecular weight is 458 g/mol. The predicted molar refractivity (Wildman–Crippen MR) is 144 cm³/mol. The molecule has 2 aromatic heterocycles. The van der Waals surface area contributed by atoms with Crippen LogP contribution in [0.3, 0.4) is 0 Å². The van der Waals surface area contributed by atoms with Crippen LogP contribution in [0.5, 0.6) is 0 Å². The van der Waals surface area contributed by atoms with Crippen molar-refractivity contribution in [3.8, 4) is 22.5 Å². The zero-order chi connectivity index (χ0) is 24.2. The normalized spacial score (nSPS) is 16.7. The lowest BCUT2D eigenvalue weighted by molar-refractivity contribution is 0.00578. The van der Waals surface area contributed by atoms with Crippen LogP contribution < -0.4 is 5.46 Å². The SMILES string of the molecule is CC1(C)OB(c2cccc3c(-c4ccc5ccc(-c6ccccn6)nc5c4)cccc23)OC1(C)C. The van der Waals surface area contributed by atoms with E-state index in [1.807, 2.05) is 24.3 Å². The summed E-state index contributed by atoms with van der Waals surface area (Å²) < 4.78 is 12.8. The van der Waals surface area contributed by atoms with E-state index in [1.165, 1.54) is 5.39 Å². The van der Waals surface area contributed by atoms with E-state index in [-0.39, 0.29) is 11.2 Å². The second kappa shape index (κ2) is 8.01.